The fourth-order valence-electron chi connectivity index (χ4n) is 0.983. The van der Waals surface area contributed by atoms with Gasteiger partial charge in [0.1, 0.15) is 0 Å². The molecule has 0 aliphatic heterocycles. The molecule has 0 radical (unpaired) electrons. The fraction of sp³-hybridized carbons (Fsp3) is 0.273. The van der Waals surface area contributed by atoms with Crippen LogP contribution in [0.4, 0.5) is 0 Å². The molecular formula is C11H15NO. The summed E-state index contributed by atoms with van der Waals surface area (Å²) in [5.41, 5.74) is 6.48. The van der Waals surface area contributed by atoms with Gasteiger partial charge in [0.2, 0.25) is 0 Å². The van der Waals surface area contributed by atoms with Crippen molar-refractivity contribution in [1.29, 1.82) is 0 Å². The number of hydrogen-bond donors (Lipinski definition) is 1. The van der Waals surface area contributed by atoms with Crippen molar-refractivity contribution >= 4 is 0 Å². The van der Waals surface area contributed by atoms with E-state index in [9.17, 15) is 0 Å². The van der Waals surface area contributed by atoms with Crippen molar-refractivity contribution in [3.05, 3.63) is 48.0 Å². The second-order valence-corrected chi connectivity index (χ2v) is 2.71. The van der Waals surface area contributed by atoms with Crippen LogP contribution in [0.3, 0.4) is 0 Å². The minimum atomic E-state index is 0.578. The molecule has 0 atom stereocenters. The minimum Gasteiger partial charge on any atom is -0.373 e. The number of hydrogen-bond acceptors (Lipinski definition) is 2. The molecule has 70 valence electrons. The molecule has 0 saturated heterocycles. The SMILES string of the molecule is NCC=CCOCc1ccccc1. The Hall–Kier alpha value is -1.12. The van der Waals surface area contributed by atoms with Crippen LogP contribution in [0.2, 0.25) is 0 Å². The summed E-state index contributed by atoms with van der Waals surface area (Å²) in [6.45, 7) is 1.87. The zero-order chi connectivity index (χ0) is 9.36. The molecule has 0 spiro atoms. The lowest BCUT2D eigenvalue weighted by Crippen LogP contribution is -1.95. The Bertz CT molecular complexity index is 244. The summed E-state index contributed by atoms with van der Waals surface area (Å²) >= 11 is 0. The highest BCUT2D eigenvalue weighted by atomic mass is 16.5. The lowest BCUT2D eigenvalue weighted by Gasteiger charge is -2.00. The molecule has 0 heterocycles. The lowest BCUT2D eigenvalue weighted by molar-refractivity contribution is 0.148. The molecule has 0 amide bonds. The van der Waals surface area contributed by atoms with Crippen LogP contribution in [0, 0.1) is 0 Å². The fourth-order valence-corrected chi connectivity index (χ4v) is 0.983. The number of rotatable bonds is 5. The molecule has 13 heavy (non-hydrogen) atoms. The van der Waals surface area contributed by atoms with Crippen molar-refractivity contribution in [2.45, 2.75) is 6.61 Å². The molecule has 0 aliphatic rings. The van der Waals surface area contributed by atoms with Crippen LogP contribution in [0.1, 0.15) is 5.56 Å². The third-order valence-electron chi connectivity index (χ3n) is 1.63. The quantitative estimate of drug-likeness (QED) is 0.549. The summed E-state index contributed by atoms with van der Waals surface area (Å²) in [6.07, 6.45) is 3.83. The zero-order valence-electron chi connectivity index (χ0n) is 7.65. The van der Waals surface area contributed by atoms with Crippen LogP contribution in [0.15, 0.2) is 42.5 Å². The number of nitrogens with two attached hydrogens (primary N) is 1. The molecule has 1 rings (SSSR count). The molecule has 0 fully saturated rings. The van der Waals surface area contributed by atoms with Crippen molar-refractivity contribution in [3.8, 4) is 0 Å². The van der Waals surface area contributed by atoms with Gasteiger partial charge in [0.05, 0.1) is 13.2 Å². The van der Waals surface area contributed by atoms with Crippen molar-refractivity contribution in [2.75, 3.05) is 13.2 Å². The third kappa shape index (κ3) is 4.45. The summed E-state index contributed by atoms with van der Waals surface area (Å²) in [7, 11) is 0. The Morgan fingerprint density at radius 1 is 1.15 bits per heavy atom. The predicted octanol–water partition coefficient (Wildman–Crippen LogP) is 1.72. The van der Waals surface area contributed by atoms with Crippen molar-refractivity contribution in [3.63, 3.8) is 0 Å². The van der Waals surface area contributed by atoms with Gasteiger partial charge in [-0.1, -0.05) is 42.5 Å². The highest BCUT2D eigenvalue weighted by molar-refractivity contribution is 5.13. The van der Waals surface area contributed by atoms with Gasteiger partial charge < -0.3 is 10.5 Å². The largest absolute Gasteiger partial charge is 0.373 e. The van der Waals surface area contributed by atoms with E-state index in [1.807, 2.05) is 42.5 Å². The molecule has 1 aromatic carbocycles. The van der Waals surface area contributed by atoms with E-state index in [0.717, 1.165) is 0 Å². The number of ether oxygens (including phenoxy) is 1. The monoisotopic (exact) mass is 177 g/mol. The van der Waals surface area contributed by atoms with E-state index in [0.29, 0.717) is 19.8 Å². The molecule has 0 bridgehead atoms. The zero-order valence-corrected chi connectivity index (χ0v) is 7.65. The van der Waals surface area contributed by atoms with E-state index in [1.165, 1.54) is 5.56 Å². The molecule has 0 unspecified atom stereocenters. The van der Waals surface area contributed by atoms with E-state index in [1.54, 1.807) is 0 Å². The summed E-state index contributed by atoms with van der Waals surface area (Å²) in [6, 6.07) is 10.1. The van der Waals surface area contributed by atoms with Gasteiger partial charge in [-0.15, -0.1) is 0 Å². The van der Waals surface area contributed by atoms with Gasteiger partial charge in [-0.3, -0.25) is 0 Å². The topological polar surface area (TPSA) is 35.2 Å². The molecule has 1 aromatic rings. The van der Waals surface area contributed by atoms with Gasteiger partial charge >= 0.3 is 0 Å². The van der Waals surface area contributed by atoms with Crippen molar-refractivity contribution in [1.82, 2.24) is 0 Å². The van der Waals surface area contributed by atoms with E-state index >= 15 is 0 Å². The van der Waals surface area contributed by atoms with E-state index in [4.69, 9.17) is 10.5 Å². The Morgan fingerprint density at radius 2 is 1.92 bits per heavy atom. The third-order valence-corrected chi connectivity index (χ3v) is 1.63. The second-order valence-electron chi connectivity index (χ2n) is 2.71. The summed E-state index contributed by atoms with van der Waals surface area (Å²) in [5, 5.41) is 0. The first-order valence-corrected chi connectivity index (χ1v) is 4.40. The molecule has 2 heteroatoms. The molecule has 2 nitrogen and oxygen atoms in total. The normalized spacial score (nSPS) is 10.8. The predicted molar refractivity (Wildman–Crippen MR) is 54.3 cm³/mol. The Labute approximate surface area is 79.0 Å². The lowest BCUT2D eigenvalue weighted by atomic mass is 10.2. The Kier molecular flexibility index (Phi) is 4.91. The van der Waals surface area contributed by atoms with Gasteiger partial charge in [-0.25, -0.2) is 0 Å². The second kappa shape index (κ2) is 6.40. The van der Waals surface area contributed by atoms with Gasteiger partial charge in [0, 0.05) is 6.54 Å². The summed E-state index contributed by atoms with van der Waals surface area (Å²) < 4.78 is 5.38. The maximum Gasteiger partial charge on any atom is 0.0721 e. The van der Waals surface area contributed by atoms with E-state index in [2.05, 4.69) is 0 Å². The van der Waals surface area contributed by atoms with Crippen LogP contribution in [-0.2, 0) is 11.3 Å². The smallest absolute Gasteiger partial charge is 0.0721 e. The first-order valence-electron chi connectivity index (χ1n) is 4.40. The van der Waals surface area contributed by atoms with Crippen LogP contribution in [0.5, 0.6) is 0 Å². The molecule has 0 saturated carbocycles. The first kappa shape index (κ1) is 9.96. The van der Waals surface area contributed by atoms with Crippen LogP contribution in [-0.4, -0.2) is 13.2 Å². The van der Waals surface area contributed by atoms with Gasteiger partial charge in [0.15, 0.2) is 0 Å². The van der Waals surface area contributed by atoms with E-state index in [-0.39, 0.29) is 0 Å². The van der Waals surface area contributed by atoms with Gasteiger partial charge in [-0.2, -0.15) is 0 Å². The number of benzene rings is 1. The standard InChI is InChI=1S/C11H15NO/c12-8-4-5-9-13-10-11-6-2-1-3-7-11/h1-7H,8-10,12H2. The average molecular weight is 177 g/mol. The maximum atomic E-state index is 5.38. The molecule has 2 N–H and O–H groups in total. The summed E-state index contributed by atoms with van der Waals surface area (Å²) in [4.78, 5) is 0. The van der Waals surface area contributed by atoms with Crippen molar-refractivity contribution < 1.29 is 4.74 Å². The summed E-state index contributed by atoms with van der Waals surface area (Å²) in [5.74, 6) is 0. The Morgan fingerprint density at radius 3 is 2.62 bits per heavy atom. The van der Waals surface area contributed by atoms with Crippen LogP contribution >= 0.6 is 0 Å². The van der Waals surface area contributed by atoms with Gasteiger partial charge in [-0.05, 0) is 5.56 Å². The van der Waals surface area contributed by atoms with Gasteiger partial charge in [0.25, 0.3) is 0 Å². The molecular weight excluding hydrogens is 162 g/mol. The molecule has 0 aromatic heterocycles. The minimum absolute atomic E-state index is 0.578. The first-order chi connectivity index (χ1) is 6.43. The van der Waals surface area contributed by atoms with Crippen LogP contribution in [0.25, 0.3) is 0 Å². The Balaban J connectivity index is 2.17. The molecule has 0 aliphatic carbocycles. The highest BCUT2D eigenvalue weighted by Gasteiger charge is 1.88. The maximum absolute atomic E-state index is 5.38. The highest BCUT2D eigenvalue weighted by Crippen LogP contribution is 1.99. The van der Waals surface area contributed by atoms with Crippen LogP contribution < -0.4 is 5.73 Å². The average Bonchev–Trinajstić information content (AvgIpc) is 2.19. The van der Waals surface area contributed by atoms with E-state index < -0.39 is 0 Å². The van der Waals surface area contributed by atoms with Crippen molar-refractivity contribution in [2.24, 2.45) is 5.73 Å².